The van der Waals surface area contributed by atoms with Gasteiger partial charge in [-0.3, -0.25) is 0 Å². The third-order valence-corrected chi connectivity index (χ3v) is 16.3. The first-order valence-corrected chi connectivity index (χ1v) is 20.0. The van der Waals surface area contributed by atoms with Gasteiger partial charge in [0.25, 0.3) is 0 Å². The zero-order valence-corrected chi connectivity index (χ0v) is 28.9. The molecule has 2 heterocycles. The van der Waals surface area contributed by atoms with Crippen molar-refractivity contribution in [3.8, 4) is 34.1 Å². The fourth-order valence-electron chi connectivity index (χ4n) is 6.95. The molecule has 50 heavy (non-hydrogen) atoms. The monoisotopic (exact) mass is 689 g/mol. The minimum atomic E-state index is -2.40. The molecule has 0 aliphatic carbocycles. The van der Waals surface area contributed by atoms with Crippen molar-refractivity contribution in [3.63, 3.8) is 0 Å². The van der Waals surface area contributed by atoms with Crippen LogP contribution in [0.1, 0.15) is 0 Å². The van der Waals surface area contributed by atoms with Gasteiger partial charge in [0.2, 0.25) is 5.44 Å². The van der Waals surface area contributed by atoms with Crippen LogP contribution >= 0.6 is 17.9 Å². The first kappa shape index (κ1) is 30.6. The molecular weight excluding hydrogens is 656 g/mol. The summed E-state index contributed by atoms with van der Waals surface area (Å²) < 4.78 is 26.4. The van der Waals surface area contributed by atoms with Gasteiger partial charge < -0.3 is 17.8 Å². The molecular formula is C44H34O4PS+. The van der Waals surface area contributed by atoms with Gasteiger partial charge in [-0.1, -0.05) is 103 Å². The first-order valence-electron chi connectivity index (χ1n) is 16.7. The van der Waals surface area contributed by atoms with Crippen LogP contribution in [0.3, 0.4) is 0 Å². The number of ether oxygens (including phenoxy) is 2. The molecule has 0 aromatic heterocycles. The topological polar surface area (TPSA) is 36.9 Å². The Hall–Kier alpha value is -5.48. The number of hydrogen-bond acceptors (Lipinski definition) is 4. The Labute approximate surface area is 295 Å². The fourth-order valence-corrected chi connectivity index (χ4v) is 13.8. The van der Waals surface area contributed by atoms with Crippen LogP contribution in [0.25, 0.3) is 11.1 Å². The highest BCUT2D eigenvalue weighted by atomic mass is 32.3. The number of hydrogen-bond donors (Lipinski definition) is 0. The smallest absolute Gasteiger partial charge is 0.244 e. The molecule has 244 valence electrons. The van der Waals surface area contributed by atoms with E-state index in [4.69, 9.17) is 17.8 Å². The average molecular weight is 690 g/mol. The number of para-hydroxylation sites is 2. The van der Waals surface area contributed by atoms with Crippen LogP contribution < -0.4 is 39.1 Å². The minimum absolute atomic E-state index is 0.318. The Morgan fingerprint density at radius 3 is 1.50 bits per heavy atom. The molecule has 0 radical (unpaired) electrons. The van der Waals surface area contributed by atoms with Crippen LogP contribution in [0.2, 0.25) is 0 Å². The molecule has 0 fully saturated rings. The maximum atomic E-state index is 6.91. The Balaban J connectivity index is 1.10. The summed E-state index contributed by atoms with van der Waals surface area (Å²) >= 11 is 0. The van der Waals surface area contributed by atoms with Crippen molar-refractivity contribution < 1.29 is 17.8 Å². The van der Waals surface area contributed by atoms with Gasteiger partial charge in [0.15, 0.2) is 23.0 Å². The van der Waals surface area contributed by atoms with Crippen LogP contribution in [0.4, 0.5) is 0 Å². The van der Waals surface area contributed by atoms with E-state index in [0.717, 1.165) is 21.8 Å². The minimum Gasteiger partial charge on any atom is -0.484 e. The lowest BCUT2D eigenvalue weighted by atomic mass is 10.1. The Kier molecular flexibility index (Phi) is 7.80. The normalized spacial score (nSPS) is 18.9. The van der Waals surface area contributed by atoms with E-state index in [1.807, 2.05) is 60.7 Å². The third-order valence-electron chi connectivity index (χ3n) is 9.29. The zero-order chi connectivity index (χ0) is 33.4. The molecule has 6 heteroatoms. The molecule has 0 spiro atoms. The highest BCUT2D eigenvalue weighted by Gasteiger charge is 2.48. The van der Waals surface area contributed by atoms with Crippen molar-refractivity contribution in [2.75, 3.05) is 6.61 Å². The molecule has 7 aromatic carbocycles. The summed E-state index contributed by atoms with van der Waals surface area (Å²) in [4.78, 5) is 0.943. The lowest BCUT2D eigenvalue weighted by Gasteiger charge is -2.44. The lowest BCUT2D eigenvalue weighted by Crippen LogP contribution is -2.38. The second kappa shape index (κ2) is 12.8. The predicted octanol–water partition coefficient (Wildman–Crippen LogP) is 9.24. The van der Waals surface area contributed by atoms with E-state index in [2.05, 4.69) is 127 Å². The second-order valence-corrected chi connectivity index (χ2v) is 18.0. The van der Waals surface area contributed by atoms with Crippen LogP contribution in [0.15, 0.2) is 193 Å². The number of benzene rings is 7. The van der Waals surface area contributed by atoms with Crippen molar-refractivity contribution >= 4 is 39.1 Å². The van der Waals surface area contributed by atoms with Gasteiger partial charge in [-0.2, -0.15) is 0 Å². The molecule has 4 nitrogen and oxygen atoms in total. The van der Waals surface area contributed by atoms with E-state index < -0.39 is 23.3 Å². The van der Waals surface area contributed by atoms with Gasteiger partial charge in [0, 0.05) is 0 Å². The summed E-state index contributed by atoms with van der Waals surface area (Å²) in [5.41, 5.74) is 1.70. The maximum absolute atomic E-state index is 6.91. The molecule has 0 bridgehead atoms. The van der Waals surface area contributed by atoms with Crippen molar-refractivity contribution in [2.24, 2.45) is 0 Å². The third kappa shape index (κ3) is 5.13. The van der Waals surface area contributed by atoms with Crippen molar-refractivity contribution in [1.29, 1.82) is 0 Å². The predicted molar refractivity (Wildman–Crippen MR) is 207 cm³/mol. The van der Waals surface area contributed by atoms with E-state index >= 15 is 0 Å². The number of fused-ring (bicyclic) bond motifs is 2. The zero-order valence-electron chi connectivity index (χ0n) is 27.2. The Bertz CT molecular complexity index is 2150. The van der Waals surface area contributed by atoms with Crippen LogP contribution in [0.5, 0.6) is 23.0 Å². The Morgan fingerprint density at radius 2 is 0.900 bits per heavy atom. The van der Waals surface area contributed by atoms with Gasteiger partial charge in [-0.15, -0.1) is 0 Å². The van der Waals surface area contributed by atoms with Gasteiger partial charge in [0.1, 0.15) is 35.1 Å². The lowest BCUT2D eigenvalue weighted by molar-refractivity contribution is 0.137. The first-order chi connectivity index (χ1) is 24.7. The van der Waals surface area contributed by atoms with Gasteiger partial charge in [-0.05, 0) is 107 Å². The van der Waals surface area contributed by atoms with Crippen molar-refractivity contribution in [3.05, 3.63) is 188 Å². The molecule has 2 atom stereocenters. The summed E-state index contributed by atoms with van der Waals surface area (Å²) in [6, 6.07) is 66.0. The molecule has 2 unspecified atom stereocenters. The highest BCUT2D eigenvalue weighted by Crippen LogP contribution is 2.68. The summed E-state index contributed by atoms with van der Waals surface area (Å²) in [5, 5.41) is 5.27. The van der Waals surface area contributed by atoms with E-state index in [0.29, 0.717) is 23.9 Å². The summed E-state index contributed by atoms with van der Waals surface area (Å²) in [7, 11) is -4.59. The standard InChI is InChI=1S/C44H34O4PS/c1-5-15-35(16-6-1)49(36-17-7-2-8-18-36,37-19-9-3-10-20-37)38-28-25-33(26-29-38)34-27-30-42-43(31-34)48-50(47-42,39-21-11-4-12-22-39)44-32-45-40-23-13-14-24-41(40)46-44/h1-31,44H,32H2/q+1. The summed E-state index contributed by atoms with van der Waals surface area (Å²) in [5.74, 6) is 2.82. The van der Waals surface area contributed by atoms with E-state index in [9.17, 15) is 0 Å². The van der Waals surface area contributed by atoms with E-state index in [-0.39, 0.29) is 0 Å². The van der Waals surface area contributed by atoms with E-state index in [1.54, 1.807) is 0 Å². The van der Waals surface area contributed by atoms with Crippen LogP contribution in [-0.2, 0) is 0 Å². The number of rotatable bonds is 7. The molecule has 0 amide bonds. The second-order valence-electron chi connectivity index (χ2n) is 12.2. The molecule has 2 aliphatic heterocycles. The summed E-state index contributed by atoms with van der Waals surface area (Å²) in [6.07, 6.45) is 0. The average Bonchev–Trinajstić information content (AvgIpc) is 3.60. The molecule has 0 saturated heterocycles. The molecule has 9 rings (SSSR count). The SMILES string of the molecule is c1ccc([P+](c2ccccc2)(c2ccccc2)c2ccc(-c3ccc4c(c3)OS(c3ccccc3)(C3COc5ccccc5O3)O4)cc2)cc1. The largest absolute Gasteiger partial charge is 0.484 e. The van der Waals surface area contributed by atoms with Crippen LogP contribution in [0, 0.1) is 0 Å². The fraction of sp³-hybridized carbons (Fsp3) is 0.0455. The van der Waals surface area contributed by atoms with E-state index in [1.165, 1.54) is 21.2 Å². The highest BCUT2D eigenvalue weighted by molar-refractivity contribution is 8.27. The van der Waals surface area contributed by atoms with Crippen molar-refractivity contribution in [2.45, 2.75) is 10.3 Å². The Morgan fingerprint density at radius 1 is 0.420 bits per heavy atom. The molecule has 2 aliphatic rings. The maximum Gasteiger partial charge on any atom is 0.244 e. The van der Waals surface area contributed by atoms with Gasteiger partial charge in [0.05, 0.1) is 4.90 Å². The quantitative estimate of drug-likeness (QED) is 0.157. The molecule has 7 aromatic rings. The van der Waals surface area contributed by atoms with Gasteiger partial charge in [-0.25, -0.2) is 0 Å². The molecule has 0 saturated carbocycles. The van der Waals surface area contributed by atoms with Crippen LogP contribution in [-0.4, -0.2) is 12.0 Å². The summed E-state index contributed by atoms with van der Waals surface area (Å²) in [6.45, 7) is 0.318. The molecule has 0 N–H and O–H groups in total. The van der Waals surface area contributed by atoms with Gasteiger partial charge >= 0.3 is 0 Å². The van der Waals surface area contributed by atoms with Crippen molar-refractivity contribution in [1.82, 2.24) is 0 Å².